The number of aromatic nitrogens is 2. The summed E-state index contributed by atoms with van der Waals surface area (Å²) >= 11 is 0. The molecule has 29 heavy (non-hydrogen) atoms. The molecule has 4 heterocycles. The second-order valence-corrected chi connectivity index (χ2v) is 8.94. The van der Waals surface area contributed by atoms with E-state index in [2.05, 4.69) is 57.7 Å². The van der Waals surface area contributed by atoms with Gasteiger partial charge in [-0.15, -0.1) is 0 Å². The topological polar surface area (TPSA) is 41.4 Å². The van der Waals surface area contributed by atoms with Crippen molar-refractivity contribution in [2.24, 2.45) is 5.92 Å². The molecule has 2 atom stereocenters. The number of nitrogens with zero attached hydrogens (tertiary/aromatic N) is 4. The molecule has 5 nitrogen and oxygen atoms in total. The number of rotatable bonds is 3. The van der Waals surface area contributed by atoms with Gasteiger partial charge in [-0.05, 0) is 51.6 Å². The third-order valence-corrected chi connectivity index (χ3v) is 6.33. The summed E-state index contributed by atoms with van der Waals surface area (Å²) in [5.41, 5.74) is 5.69. The summed E-state index contributed by atoms with van der Waals surface area (Å²) in [6, 6.07) is 14.9. The lowest BCUT2D eigenvalue weighted by Gasteiger charge is -2.44. The molecule has 2 aliphatic rings. The minimum absolute atomic E-state index is 0.199. The molecule has 0 spiro atoms. The molecular weight excluding hydrogens is 360 g/mol. The largest absolute Gasteiger partial charge is 0.370 e. The summed E-state index contributed by atoms with van der Waals surface area (Å²) in [6.45, 7) is 5.54. The molecule has 0 N–H and O–H groups in total. The normalized spacial score (nSPS) is 20.9. The van der Waals surface area contributed by atoms with Gasteiger partial charge in [0.1, 0.15) is 0 Å². The van der Waals surface area contributed by atoms with Crippen LogP contribution in [0.1, 0.15) is 29.3 Å². The Balaban J connectivity index is 1.52. The lowest BCUT2D eigenvalue weighted by molar-refractivity contribution is 0.279. The van der Waals surface area contributed by atoms with Crippen molar-refractivity contribution >= 4 is 16.6 Å². The molecule has 2 aliphatic heterocycles. The Kier molecular flexibility index (Phi) is 4.43. The first-order chi connectivity index (χ1) is 14.0. The molecule has 1 fully saturated rings. The highest BCUT2D eigenvalue weighted by atomic mass is 16.1. The summed E-state index contributed by atoms with van der Waals surface area (Å²) in [5, 5.41) is 1.22. The van der Waals surface area contributed by atoms with Crippen molar-refractivity contribution in [3.63, 3.8) is 0 Å². The Morgan fingerprint density at radius 1 is 1.10 bits per heavy atom. The molecule has 0 aliphatic carbocycles. The molecule has 5 heteroatoms. The van der Waals surface area contributed by atoms with Crippen molar-refractivity contribution < 1.29 is 0 Å². The molecule has 5 rings (SSSR count). The van der Waals surface area contributed by atoms with Crippen LogP contribution in [0.15, 0.2) is 47.3 Å². The van der Waals surface area contributed by atoms with Gasteiger partial charge < -0.3 is 14.4 Å². The van der Waals surface area contributed by atoms with Gasteiger partial charge in [-0.1, -0.05) is 24.3 Å². The van der Waals surface area contributed by atoms with E-state index in [0.717, 1.165) is 36.4 Å². The summed E-state index contributed by atoms with van der Waals surface area (Å²) in [6.07, 6.45) is 1.17. The highest BCUT2D eigenvalue weighted by Crippen LogP contribution is 2.39. The molecule has 150 valence electrons. The van der Waals surface area contributed by atoms with E-state index in [-0.39, 0.29) is 5.56 Å². The van der Waals surface area contributed by atoms with Crippen molar-refractivity contribution in [1.29, 1.82) is 0 Å². The molecule has 0 unspecified atom stereocenters. The molecule has 3 aromatic rings. The van der Waals surface area contributed by atoms with Crippen LogP contribution in [-0.4, -0.2) is 41.6 Å². The summed E-state index contributed by atoms with van der Waals surface area (Å²) in [4.78, 5) is 22.4. The third-order valence-electron chi connectivity index (χ3n) is 6.33. The molecular formula is C24H28N4O. The van der Waals surface area contributed by atoms with Crippen LogP contribution in [-0.2, 0) is 13.1 Å². The second-order valence-electron chi connectivity index (χ2n) is 8.94. The molecule has 2 aromatic heterocycles. The van der Waals surface area contributed by atoms with Gasteiger partial charge >= 0.3 is 0 Å². The number of piperidine rings is 1. The van der Waals surface area contributed by atoms with E-state index in [1.165, 1.54) is 23.2 Å². The van der Waals surface area contributed by atoms with Crippen molar-refractivity contribution in [1.82, 2.24) is 14.5 Å². The first-order valence-corrected chi connectivity index (χ1v) is 10.5. The Morgan fingerprint density at radius 2 is 1.93 bits per heavy atom. The number of hydrogen-bond acceptors (Lipinski definition) is 4. The third kappa shape index (κ3) is 3.23. The molecule has 1 saturated heterocycles. The Morgan fingerprint density at radius 3 is 2.76 bits per heavy atom. The van der Waals surface area contributed by atoms with Crippen LogP contribution in [0.4, 0.5) is 5.69 Å². The molecule has 2 bridgehead atoms. The number of benzene rings is 1. The standard InChI is InChI=1S/C24H28N4O/c1-16-10-23(20-6-4-5-7-21(20)25-16)27-12-17-11-19(15-27)22-9-8-18(14-26(2)3)24(29)28(22)13-17/h4-10,17,19H,11-15H2,1-3H3/t17-,19+/m0/s1. The van der Waals surface area contributed by atoms with Gasteiger partial charge in [0.15, 0.2) is 0 Å². The summed E-state index contributed by atoms with van der Waals surface area (Å²) < 4.78 is 2.06. The Bertz CT molecular complexity index is 1130. The smallest absolute Gasteiger partial charge is 0.255 e. The van der Waals surface area contributed by atoms with Crippen molar-refractivity contribution in [2.45, 2.75) is 32.4 Å². The van der Waals surface area contributed by atoms with E-state index >= 15 is 0 Å². The van der Waals surface area contributed by atoms with Crippen LogP contribution < -0.4 is 10.5 Å². The van der Waals surface area contributed by atoms with Crippen LogP contribution in [0.5, 0.6) is 0 Å². The zero-order valence-corrected chi connectivity index (χ0v) is 17.4. The van der Waals surface area contributed by atoms with E-state index in [9.17, 15) is 4.79 Å². The van der Waals surface area contributed by atoms with Gasteiger partial charge in [-0.2, -0.15) is 0 Å². The van der Waals surface area contributed by atoms with Crippen LogP contribution in [0.25, 0.3) is 10.9 Å². The lowest BCUT2D eigenvalue weighted by Crippen LogP contribution is -2.47. The maximum atomic E-state index is 13.1. The maximum absolute atomic E-state index is 13.1. The predicted molar refractivity (Wildman–Crippen MR) is 118 cm³/mol. The number of anilines is 1. The number of fused-ring (bicyclic) bond motifs is 5. The van der Waals surface area contributed by atoms with Gasteiger partial charge in [-0.3, -0.25) is 9.78 Å². The minimum Gasteiger partial charge on any atom is -0.370 e. The average molecular weight is 389 g/mol. The van der Waals surface area contributed by atoms with Gasteiger partial charge in [0.2, 0.25) is 0 Å². The number of para-hydroxylation sites is 1. The maximum Gasteiger partial charge on any atom is 0.255 e. The first-order valence-electron chi connectivity index (χ1n) is 10.5. The predicted octanol–water partition coefficient (Wildman–Crippen LogP) is 3.39. The fraction of sp³-hybridized carbons (Fsp3) is 0.417. The van der Waals surface area contributed by atoms with E-state index in [4.69, 9.17) is 4.98 Å². The van der Waals surface area contributed by atoms with Crippen molar-refractivity contribution in [2.75, 3.05) is 32.1 Å². The van der Waals surface area contributed by atoms with Gasteiger partial charge in [0.05, 0.1) is 5.52 Å². The van der Waals surface area contributed by atoms with Crippen LogP contribution >= 0.6 is 0 Å². The summed E-state index contributed by atoms with van der Waals surface area (Å²) in [5.74, 6) is 0.900. The monoisotopic (exact) mass is 388 g/mol. The SMILES string of the molecule is Cc1cc(N2C[C@@H]3C[C@H](C2)c2ccc(CN(C)C)c(=O)n2C3)c2ccccc2n1. The zero-order valence-electron chi connectivity index (χ0n) is 17.4. The van der Waals surface area contributed by atoms with Gasteiger partial charge in [0.25, 0.3) is 5.56 Å². The van der Waals surface area contributed by atoms with Crippen LogP contribution in [0.2, 0.25) is 0 Å². The lowest BCUT2D eigenvalue weighted by atomic mass is 9.82. The Hall–Kier alpha value is -2.66. The number of pyridine rings is 2. The van der Waals surface area contributed by atoms with Crippen LogP contribution in [0, 0.1) is 12.8 Å². The zero-order chi connectivity index (χ0) is 20.1. The summed E-state index contributed by atoms with van der Waals surface area (Å²) in [7, 11) is 4.02. The minimum atomic E-state index is 0.199. The van der Waals surface area contributed by atoms with Crippen molar-refractivity contribution in [3.05, 3.63) is 69.8 Å². The highest BCUT2D eigenvalue weighted by Gasteiger charge is 2.35. The number of aryl methyl sites for hydroxylation is 1. The number of hydrogen-bond donors (Lipinski definition) is 0. The second kappa shape index (κ2) is 6.99. The van der Waals surface area contributed by atoms with E-state index in [1.807, 2.05) is 20.2 Å². The fourth-order valence-corrected chi connectivity index (χ4v) is 5.20. The average Bonchev–Trinajstić information content (AvgIpc) is 2.69. The Labute approximate surface area is 171 Å². The van der Waals surface area contributed by atoms with Crippen LogP contribution in [0.3, 0.4) is 0 Å². The van der Waals surface area contributed by atoms with Crippen molar-refractivity contribution in [3.8, 4) is 0 Å². The first kappa shape index (κ1) is 18.4. The fourth-order valence-electron chi connectivity index (χ4n) is 5.20. The van der Waals surface area contributed by atoms with E-state index in [1.54, 1.807) is 0 Å². The molecule has 1 aromatic carbocycles. The molecule has 0 amide bonds. The van der Waals surface area contributed by atoms with Gasteiger partial charge in [-0.25, -0.2) is 0 Å². The highest BCUT2D eigenvalue weighted by molar-refractivity contribution is 5.92. The quantitative estimate of drug-likeness (QED) is 0.690. The molecule has 0 radical (unpaired) electrons. The van der Waals surface area contributed by atoms with Gasteiger partial charge in [0, 0.05) is 60.1 Å². The molecule has 0 saturated carbocycles. The van der Waals surface area contributed by atoms with E-state index in [0.29, 0.717) is 18.4 Å². The van der Waals surface area contributed by atoms with E-state index < -0.39 is 0 Å².